The van der Waals surface area contributed by atoms with Crippen LogP contribution in [0.2, 0.25) is 5.02 Å². The van der Waals surface area contributed by atoms with Crippen LogP contribution in [-0.2, 0) is 14.3 Å². The van der Waals surface area contributed by atoms with Crippen molar-refractivity contribution in [2.75, 3.05) is 12.4 Å². The second kappa shape index (κ2) is 8.02. The zero-order valence-electron chi connectivity index (χ0n) is 10.8. The number of carbonyl (C=O) groups is 2. The molecule has 0 amide bonds. The summed E-state index contributed by atoms with van der Waals surface area (Å²) in [5, 5.41) is 0.597. The molecular weight excluding hydrogens is 284 g/mol. The molecule has 0 N–H and O–H groups in total. The molecule has 0 saturated heterocycles. The number of halogens is 1. The van der Waals surface area contributed by atoms with Crippen LogP contribution in [0.1, 0.15) is 19.4 Å². The van der Waals surface area contributed by atoms with Crippen molar-refractivity contribution in [3.63, 3.8) is 0 Å². The van der Waals surface area contributed by atoms with Crippen LogP contribution in [-0.4, -0.2) is 23.4 Å². The molecule has 0 aliphatic heterocycles. The number of rotatable bonds is 5. The number of benzene rings is 1. The highest BCUT2D eigenvalue weighted by molar-refractivity contribution is 8.13. The maximum atomic E-state index is 11.8. The number of ether oxygens (including phenoxy) is 1. The zero-order chi connectivity index (χ0) is 14.3. The first-order chi connectivity index (χ1) is 9.02. The number of hydrogen-bond acceptors (Lipinski definition) is 4. The van der Waals surface area contributed by atoms with Gasteiger partial charge in [0, 0.05) is 23.3 Å². The van der Waals surface area contributed by atoms with Crippen molar-refractivity contribution < 1.29 is 14.3 Å². The van der Waals surface area contributed by atoms with Gasteiger partial charge in [0.2, 0.25) is 0 Å². The fourth-order valence-electron chi connectivity index (χ4n) is 1.32. The molecule has 0 aliphatic rings. The monoisotopic (exact) mass is 298 g/mol. The molecule has 3 nitrogen and oxygen atoms in total. The van der Waals surface area contributed by atoms with E-state index in [2.05, 4.69) is 0 Å². The summed E-state index contributed by atoms with van der Waals surface area (Å²) in [4.78, 5) is 22.8. The molecule has 0 aromatic heterocycles. The Kier molecular flexibility index (Phi) is 6.67. The third-order valence-corrected chi connectivity index (χ3v) is 3.29. The predicted molar refractivity (Wildman–Crippen MR) is 79.2 cm³/mol. The van der Waals surface area contributed by atoms with Gasteiger partial charge in [0.25, 0.3) is 0 Å². The highest BCUT2D eigenvalue weighted by atomic mass is 35.5. The smallest absolute Gasteiger partial charge is 0.334 e. The second-order valence-electron chi connectivity index (χ2n) is 3.72. The van der Waals surface area contributed by atoms with E-state index in [9.17, 15) is 9.59 Å². The molecule has 0 radical (unpaired) electrons. The van der Waals surface area contributed by atoms with E-state index in [1.54, 1.807) is 37.3 Å². The first-order valence-electron chi connectivity index (χ1n) is 5.79. The third-order valence-electron chi connectivity index (χ3n) is 2.18. The standard InChI is InChI=1S/C14H15ClO3S/c1-3-18-14(17)12(9-19-10(2)16)8-11-4-6-13(15)7-5-11/h4-8H,3,9H2,1-2H3/b12-8+. The van der Waals surface area contributed by atoms with Gasteiger partial charge in [0.05, 0.1) is 6.61 Å². The Morgan fingerprint density at radius 1 is 1.32 bits per heavy atom. The molecule has 1 aromatic carbocycles. The van der Waals surface area contributed by atoms with E-state index >= 15 is 0 Å². The number of carbonyl (C=O) groups excluding carboxylic acids is 2. The van der Waals surface area contributed by atoms with Gasteiger partial charge in [-0.2, -0.15) is 0 Å². The van der Waals surface area contributed by atoms with Gasteiger partial charge in [-0.1, -0.05) is 35.5 Å². The Balaban J connectivity index is 2.90. The van der Waals surface area contributed by atoms with E-state index in [4.69, 9.17) is 16.3 Å². The zero-order valence-corrected chi connectivity index (χ0v) is 12.4. The fourth-order valence-corrected chi connectivity index (χ4v) is 2.01. The van der Waals surface area contributed by atoms with E-state index < -0.39 is 5.97 Å². The van der Waals surface area contributed by atoms with Crippen molar-refractivity contribution in [1.29, 1.82) is 0 Å². The van der Waals surface area contributed by atoms with Gasteiger partial charge in [-0.05, 0) is 30.7 Å². The highest BCUT2D eigenvalue weighted by Gasteiger charge is 2.12. The summed E-state index contributed by atoms with van der Waals surface area (Å²) in [5.41, 5.74) is 1.31. The van der Waals surface area contributed by atoms with Crippen LogP contribution in [0.3, 0.4) is 0 Å². The summed E-state index contributed by atoms with van der Waals surface area (Å²) < 4.78 is 4.97. The van der Waals surface area contributed by atoms with Crippen molar-refractivity contribution in [3.05, 3.63) is 40.4 Å². The first kappa shape index (κ1) is 15.8. The van der Waals surface area contributed by atoms with Gasteiger partial charge >= 0.3 is 5.97 Å². The summed E-state index contributed by atoms with van der Waals surface area (Å²) in [7, 11) is 0. The Labute approximate surface area is 122 Å². The van der Waals surface area contributed by atoms with Crippen LogP contribution in [0, 0.1) is 0 Å². The maximum Gasteiger partial charge on any atom is 0.334 e. The van der Waals surface area contributed by atoms with Crippen molar-refractivity contribution in [2.24, 2.45) is 0 Å². The van der Waals surface area contributed by atoms with E-state index in [0.29, 0.717) is 23.0 Å². The molecule has 0 unspecified atom stereocenters. The van der Waals surface area contributed by atoms with Crippen LogP contribution in [0.25, 0.3) is 6.08 Å². The Hall–Kier alpha value is -1.26. The van der Waals surface area contributed by atoms with Gasteiger partial charge in [-0.3, -0.25) is 4.79 Å². The van der Waals surface area contributed by atoms with Gasteiger partial charge in [-0.25, -0.2) is 4.79 Å². The summed E-state index contributed by atoms with van der Waals surface area (Å²) >= 11 is 6.88. The van der Waals surface area contributed by atoms with Crippen molar-refractivity contribution >= 4 is 40.5 Å². The number of hydrogen-bond donors (Lipinski definition) is 0. The largest absolute Gasteiger partial charge is 0.463 e. The quantitative estimate of drug-likeness (QED) is 0.616. The third kappa shape index (κ3) is 5.94. The van der Waals surface area contributed by atoms with Gasteiger partial charge in [0.1, 0.15) is 0 Å². The van der Waals surface area contributed by atoms with Gasteiger partial charge in [-0.15, -0.1) is 0 Å². The number of esters is 1. The molecule has 0 heterocycles. The van der Waals surface area contributed by atoms with Crippen LogP contribution in [0.4, 0.5) is 0 Å². The number of thioether (sulfide) groups is 1. The average Bonchev–Trinajstić information content (AvgIpc) is 2.36. The summed E-state index contributed by atoms with van der Waals surface area (Å²) in [6, 6.07) is 7.10. The minimum Gasteiger partial charge on any atom is -0.463 e. The highest BCUT2D eigenvalue weighted by Crippen LogP contribution is 2.16. The van der Waals surface area contributed by atoms with Gasteiger partial charge in [0.15, 0.2) is 5.12 Å². The fraction of sp³-hybridized carbons (Fsp3) is 0.286. The molecule has 0 bridgehead atoms. The van der Waals surface area contributed by atoms with E-state index in [-0.39, 0.29) is 5.12 Å². The van der Waals surface area contributed by atoms with Crippen LogP contribution in [0.15, 0.2) is 29.8 Å². The van der Waals surface area contributed by atoms with Gasteiger partial charge < -0.3 is 4.74 Å². The molecule has 5 heteroatoms. The molecular formula is C14H15ClO3S. The van der Waals surface area contributed by atoms with Crippen molar-refractivity contribution in [2.45, 2.75) is 13.8 Å². The summed E-state index contributed by atoms with van der Waals surface area (Å²) in [6.45, 7) is 3.52. The minimum atomic E-state index is -0.397. The van der Waals surface area contributed by atoms with Crippen molar-refractivity contribution in [1.82, 2.24) is 0 Å². The molecule has 102 valence electrons. The SMILES string of the molecule is CCOC(=O)/C(=C/c1ccc(Cl)cc1)CSC(C)=O. The Morgan fingerprint density at radius 3 is 2.47 bits per heavy atom. The predicted octanol–water partition coefficient (Wildman–Crippen LogP) is 3.57. The van der Waals surface area contributed by atoms with Crippen LogP contribution in [0.5, 0.6) is 0 Å². The summed E-state index contributed by atoms with van der Waals surface area (Å²) in [5.74, 6) is -0.0947. The lowest BCUT2D eigenvalue weighted by Crippen LogP contribution is -2.10. The van der Waals surface area contributed by atoms with Crippen LogP contribution >= 0.6 is 23.4 Å². The van der Waals surface area contributed by atoms with E-state index in [0.717, 1.165) is 17.3 Å². The second-order valence-corrected chi connectivity index (χ2v) is 5.31. The Bertz CT molecular complexity index is 480. The molecule has 0 fully saturated rings. The topological polar surface area (TPSA) is 43.4 Å². The molecule has 1 aromatic rings. The first-order valence-corrected chi connectivity index (χ1v) is 7.16. The molecule has 0 aliphatic carbocycles. The molecule has 0 spiro atoms. The summed E-state index contributed by atoms with van der Waals surface area (Å²) in [6.07, 6.45) is 1.71. The molecule has 19 heavy (non-hydrogen) atoms. The minimum absolute atomic E-state index is 0.0358. The van der Waals surface area contributed by atoms with E-state index in [1.165, 1.54) is 6.92 Å². The normalized spacial score (nSPS) is 11.2. The lowest BCUT2D eigenvalue weighted by molar-refractivity contribution is -0.138. The molecule has 0 atom stereocenters. The lowest BCUT2D eigenvalue weighted by Gasteiger charge is -2.06. The van der Waals surface area contributed by atoms with Crippen LogP contribution < -0.4 is 0 Å². The molecule has 0 saturated carbocycles. The van der Waals surface area contributed by atoms with Crippen molar-refractivity contribution in [3.8, 4) is 0 Å². The molecule has 1 rings (SSSR count). The average molecular weight is 299 g/mol. The Morgan fingerprint density at radius 2 is 1.95 bits per heavy atom. The maximum absolute atomic E-state index is 11.8. The lowest BCUT2D eigenvalue weighted by atomic mass is 10.1. The van der Waals surface area contributed by atoms with E-state index in [1.807, 2.05) is 0 Å².